The van der Waals surface area contributed by atoms with Gasteiger partial charge in [-0.25, -0.2) is 14.5 Å². The van der Waals surface area contributed by atoms with Gasteiger partial charge in [-0.2, -0.15) is 5.10 Å². The summed E-state index contributed by atoms with van der Waals surface area (Å²) in [5, 5.41) is 8.75. The minimum atomic E-state index is 0.449. The number of hydrogen-bond acceptors (Lipinski definition) is 9. The number of anilines is 3. The van der Waals surface area contributed by atoms with Gasteiger partial charge in [0.15, 0.2) is 0 Å². The number of benzene rings is 2. The Morgan fingerprint density at radius 3 is 2.83 bits per heavy atom. The van der Waals surface area contributed by atoms with Crippen molar-refractivity contribution in [3.05, 3.63) is 84.1 Å². The number of nitrogen functional groups attached to an aromatic ring is 1. The molecule has 0 aliphatic carbocycles. The molecular weight excluding hydrogens is 550 g/mol. The molecule has 216 valence electrons. The van der Waals surface area contributed by atoms with Crippen LogP contribution >= 0.6 is 11.6 Å². The van der Waals surface area contributed by atoms with Gasteiger partial charge >= 0.3 is 0 Å². The van der Waals surface area contributed by atoms with E-state index in [0.29, 0.717) is 29.4 Å². The number of hydrazine groups is 1. The molecule has 1 saturated heterocycles. The fraction of sp³-hybridized carbons (Fsp3) is 0.258. The number of nitrogens with zero attached hydrogens (tertiary/aromatic N) is 6. The molecule has 5 aromatic rings. The lowest BCUT2D eigenvalue weighted by atomic mass is 10.0. The van der Waals surface area contributed by atoms with E-state index in [1.54, 1.807) is 6.20 Å². The van der Waals surface area contributed by atoms with Gasteiger partial charge in [0.1, 0.15) is 18.1 Å². The Bertz CT molecular complexity index is 1690. The molecule has 0 spiro atoms. The van der Waals surface area contributed by atoms with Gasteiger partial charge in [0.25, 0.3) is 0 Å². The number of likely N-dealkylation sites (N-methyl/N-ethyl adjacent to an activating group) is 2. The second kappa shape index (κ2) is 12.3. The summed E-state index contributed by atoms with van der Waals surface area (Å²) in [6.07, 6.45) is 4.84. The molecule has 1 atom stereocenters. The zero-order valence-electron chi connectivity index (χ0n) is 23.7. The van der Waals surface area contributed by atoms with Gasteiger partial charge < -0.3 is 20.4 Å². The first-order chi connectivity index (χ1) is 20.5. The number of halogens is 1. The van der Waals surface area contributed by atoms with Crippen molar-refractivity contribution in [1.29, 1.82) is 0 Å². The van der Waals surface area contributed by atoms with Crippen LogP contribution in [0.2, 0.25) is 5.02 Å². The number of pyridine rings is 1. The predicted octanol–water partition coefficient (Wildman–Crippen LogP) is 5.16. The standard InChI is InChI=1S/C31H34ClN9O/c1-39-15-12-24(20-39)40(2)16-17-42-28-19-22(9-10-25(28)32)35-31-34-13-11-26(36-31)29-27-8-3-4-14-41(27)38-30(29)21-6-5-7-23(18-21)37-33/h3-11,13-14,18-19,24,37H,12,15-17,20,33H2,1-2H3,(H,34,35,36). The van der Waals surface area contributed by atoms with E-state index >= 15 is 0 Å². The monoisotopic (exact) mass is 583 g/mol. The van der Waals surface area contributed by atoms with Crippen LogP contribution in [0, 0.1) is 0 Å². The quantitative estimate of drug-likeness (QED) is 0.152. The Kier molecular flexibility index (Phi) is 8.20. The lowest BCUT2D eigenvalue weighted by Crippen LogP contribution is -2.36. The number of nitrogens with one attached hydrogen (secondary N) is 2. The van der Waals surface area contributed by atoms with Crippen LogP contribution in [0.3, 0.4) is 0 Å². The predicted molar refractivity (Wildman–Crippen MR) is 168 cm³/mol. The number of rotatable bonds is 10. The first kappa shape index (κ1) is 27.9. The molecule has 10 nitrogen and oxygen atoms in total. The van der Waals surface area contributed by atoms with Gasteiger partial charge in [-0.15, -0.1) is 0 Å². The van der Waals surface area contributed by atoms with Crippen LogP contribution in [-0.2, 0) is 0 Å². The Labute approximate surface area is 250 Å². The summed E-state index contributed by atoms with van der Waals surface area (Å²) in [5.41, 5.74) is 8.55. The van der Waals surface area contributed by atoms with Crippen LogP contribution in [0.5, 0.6) is 5.75 Å². The first-order valence-electron chi connectivity index (χ1n) is 13.9. The molecule has 1 aliphatic rings. The van der Waals surface area contributed by atoms with Crippen molar-refractivity contribution in [2.75, 3.05) is 51.1 Å². The average Bonchev–Trinajstić information content (AvgIpc) is 3.63. The van der Waals surface area contributed by atoms with Crippen molar-refractivity contribution in [3.8, 4) is 28.3 Å². The normalized spacial score (nSPS) is 15.4. The maximum atomic E-state index is 6.48. The van der Waals surface area contributed by atoms with E-state index < -0.39 is 0 Å². The highest BCUT2D eigenvalue weighted by Gasteiger charge is 2.23. The van der Waals surface area contributed by atoms with Crippen LogP contribution in [-0.4, -0.2) is 75.8 Å². The number of fused-ring (bicyclic) bond motifs is 1. The number of hydrogen-bond donors (Lipinski definition) is 3. The Hall–Kier alpha value is -4.22. The zero-order chi connectivity index (χ0) is 29.1. The highest BCUT2D eigenvalue weighted by molar-refractivity contribution is 6.32. The Morgan fingerprint density at radius 1 is 1.10 bits per heavy atom. The van der Waals surface area contributed by atoms with Crippen molar-refractivity contribution in [2.24, 2.45) is 5.84 Å². The molecule has 4 heterocycles. The van der Waals surface area contributed by atoms with Crippen molar-refractivity contribution in [2.45, 2.75) is 12.5 Å². The second-order valence-corrected chi connectivity index (χ2v) is 11.0. The minimum Gasteiger partial charge on any atom is -0.491 e. The topological polar surface area (TPSA) is 109 Å². The number of aromatic nitrogens is 4. The maximum absolute atomic E-state index is 6.48. The number of ether oxygens (including phenoxy) is 1. The zero-order valence-corrected chi connectivity index (χ0v) is 24.4. The molecular formula is C31H34ClN9O. The number of nitrogens with two attached hydrogens (primary N) is 1. The van der Waals surface area contributed by atoms with Crippen LogP contribution in [0.1, 0.15) is 6.42 Å². The highest BCUT2D eigenvalue weighted by atomic mass is 35.5. The van der Waals surface area contributed by atoms with E-state index in [4.69, 9.17) is 32.3 Å². The third kappa shape index (κ3) is 6.02. The highest BCUT2D eigenvalue weighted by Crippen LogP contribution is 2.36. The van der Waals surface area contributed by atoms with Gasteiger partial charge in [0, 0.05) is 54.5 Å². The number of likely N-dealkylation sites (tertiary alicyclic amines) is 1. The molecule has 0 amide bonds. The van der Waals surface area contributed by atoms with E-state index in [1.807, 2.05) is 77.4 Å². The van der Waals surface area contributed by atoms with Crippen LogP contribution in [0.4, 0.5) is 17.3 Å². The van der Waals surface area contributed by atoms with Crippen LogP contribution in [0.15, 0.2) is 79.1 Å². The van der Waals surface area contributed by atoms with Crippen molar-refractivity contribution >= 4 is 34.4 Å². The van der Waals surface area contributed by atoms with E-state index in [1.165, 1.54) is 6.42 Å². The van der Waals surface area contributed by atoms with Crippen LogP contribution in [0.25, 0.3) is 28.0 Å². The van der Waals surface area contributed by atoms with E-state index in [-0.39, 0.29) is 0 Å². The molecule has 11 heteroatoms. The Balaban J connectivity index is 1.23. The second-order valence-electron chi connectivity index (χ2n) is 10.5. The molecule has 3 aromatic heterocycles. The summed E-state index contributed by atoms with van der Waals surface area (Å²) in [6, 6.07) is 21.8. The van der Waals surface area contributed by atoms with Crippen LogP contribution < -0.4 is 21.3 Å². The van der Waals surface area contributed by atoms with E-state index in [0.717, 1.165) is 59.0 Å². The lowest BCUT2D eigenvalue weighted by Gasteiger charge is -2.24. The van der Waals surface area contributed by atoms with Gasteiger partial charge in [0.05, 0.1) is 21.8 Å². The minimum absolute atomic E-state index is 0.449. The van der Waals surface area contributed by atoms with Crippen molar-refractivity contribution in [3.63, 3.8) is 0 Å². The SMILES string of the molecule is CN1CCC(N(C)CCOc2cc(Nc3nccc(-c4c(-c5cccc(NN)c5)nn5ccccc45)n3)ccc2Cl)C1. The van der Waals surface area contributed by atoms with Crippen molar-refractivity contribution < 1.29 is 4.74 Å². The summed E-state index contributed by atoms with van der Waals surface area (Å²) >= 11 is 6.48. The largest absolute Gasteiger partial charge is 0.491 e. The van der Waals surface area contributed by atoms with Gasteiger partial charge in [-0.3, -0.25) is 10.7 Å². The van der Waals surface area contributed by atoms with Gasteiger partial charge in [0.2, 0.25) is 5.95 Å². The third-order valence-electron chi connectivity index (χ3n) is 7.63. The molecule has 0 radical (unpaired) electrons. The molecule has 4 N–H and O–H groups in total. The Morgan fingerprint density at radius 2 is 2.00 bits per heavy atom. The smallest absolute Gasteiger partial charge is 0.227 e. The molecule has 1 fully saturated rings. The van der Waals surface area contributed by atoms with E-state index in [9.17, 15) is 0 Å². The van der Waals surface area contributed by atoms with E-state index in [2.05, 4.69) is 39.6 Å². The molecule has 1 aliphatic heterocycles. The molecule has 0 bridgehead atoms. The molecule has 42 heavy (non-hydrogen) atoms. The fourth-order valence-corrected chi connectivity index (χ4v) is 5.51. The summed E-state index contributed by atoms with van der Waals surface area (Å²) in [6.45, 7) is 3.59. The summed E-state index contributed by atoms with van der Waals surface area (Å²) < 4.78 is 7.95. The molecule has 2 aromatic carbocycles. The van der Waals surface area contributed by atoms with Gasteiger partial charge in [-0.05, 0) is 69.5 Å². The van der Waals surface area contributed by atoms with Gasteiger partial charge in [-0.1, -0.05) is 29.8 Å². The summed E-state index contributed by atoms with van der Waals surface area (Å²) in [7, 11) is 4.32. The first-order valence-corrected chi connectivity index (χ1v) is 14.3. The molecule has 0 saturated carbocycles. The summed E-state index contributed by atoms with van der Waals surface area (Å²) in [5.74, 6) is 6.75. The van der Waals surface area contributed by atoms with Crippen molar-refractivity contribution in [1.82, 2.24) is 29.4 Å². The molecule has 6 rings (SSSR count). The maximum Gasteiger partial charge on any atom is 0.227 e. The third-order valence-corrected chi connectivity index (χ3v) is 7.95. The summed E-state index contributed by atoms with van der Waals surface area (Å²) in [4.78, 5) is 14.1. The average molecular weight is 584 g/mol. The fourth-order valence-electron chi connectivity index (χ4n) is 5.34. The molecule has 1 unspecified atom stereocenters. The lowest BCUT2D eigenvalue weighted by molar-refractivity contribution is 0.192.